The summed E-state index contributed by atoms with van der Waals surface area (Å²) < 4.78 is 6.06. The molecule has 2 aromatic rings. The van der Waals surface area contributed by atoms with Gasteiger partial charge in [-0.2, -0.15) is 0 Å². The van der Waals surface area contributed by atoms with E-state index in [1.54, 1.807) is 0 Å². The van der Waals surface area contributed by atoms with Gasteiger partial charge in [0.05, 0.1) is 18.1 Å². The summed E-state index contributed by atoms with van der Waals surface area (Å²) in [6, 6.07) is 3.90. The van der Waals surface area contributed by atoms with Crippen LogP contribution in [0.4, 0.5) is 4.79 Å². The van der Waals surface area contributed by atoms with Gasteiger partial charge < -0.3 is 4.74 Å². The maximum atomic E-state index is 11.4. The molecule has 2 rings (SSSR count). The first kappa shape index (κ1) is 9.71. The molecule has 0 N–H and O–H groups in total. The Balaban J connectivity index is 2.69. The number of nitrogens with zero attached hydrogens (tertiary/aromatic N) is 2. The standard InChI is InChI=1S/C11H12N2O2/c1-7-4-9-10(5-8(7)2)13(6-12-9)11(14)15-3/h4-6H,1-3H3. The molecule has 78 valence electrons. The van der Waals surface area contributed by atoms with Crippen molar-refractivity contribution < 1.29 is 9.53 Å². The van der Waals surface area contributed by atoms with Gasteiger partial charge in [0.1, 0.15) is 6.33 Å². The van der Waals surface area contributed by atoms with Gasteiger partial charge in [0.2, 0.25) is 0 Å². The van der Waals surface area contributed by atoms with Gasteiger partial charge in [-0.25, -0.2) is 14.3 Å². The van der Waals surface area contributed by atoms with E-state index in [2.05, 4.69) is 9.72 Å². The fourth-order valence-electron chi connectivity index (χ4n) is 1.51. The van der Waals surface area contributed by atoms with E-state index in [1.807, 2.05) is 26.0 Å². The van der Waals surface area contributed by atoms with Gasteiger partial charge >= 0.3 is 6.09 Å². The van der Waals surface area contributed by atoms with Gasteiger partial charge in [-0.1, -0.05) is 0 Å². The summed E-state index contributed by atoms with van der Waals surface area (Å²) in [7, 11) is 1.36. The molecule has 0 spiro atoms. The second-order valence-electron chi connectivity index (χ2n) is 3.51. The number of fused-ring (bicyclic) bond motifs is 1. The minimum absolute atomic E-state index is 0.416. The van der Waals surface area contributed by atoms with Crippen LogP contribution in [0.3, 0.4) is 0 Å². The molecule has 0 aliphatic rings. The van der Waals surface area contributed by atoms with Crippen LogP contribution in [-0.4, -0.2) is 22.8 Å². The minimum atomic E-state index is -0.416. The highest BCUT2D eigenvalue weighted by atomic mass is 16.5. The van der Waals surface area contributed by atoms with E-state index in [0.29, 0.717) is 0 Å². The maximum Gasteiger partial charge on any atom is 0.419 e. The lowest BCUT2D eigenvalue weighted by Crippen LogP contribution is -2.09. The molecular formula is C11H12N2O2. The van der Waals surface area contributed by atoms with E-state index in [4.69, 9.17) is 0 Å². The van der Waals surface area contributed by atoms with Crippen LogP contribution in [0.1, 0.15) is 11.1 Å². The number of carbonyl (C=O) groups excluding carboxylic acids is 1. The zero-order chi connectivity index (χ0) is 11.0. The summed E-state index contributed by atoms with van der Waals surface area (Å²) in [6.07, 6.45) is 1.07. The van der Waals surface area contributed by atoms with E-state index >= 15 is 0 Å². The molecule has 1 heterocycles. The summed E-state index contributed by atoms with van der Waals surface area (Å²) in [5.74, 6) is 0. The van der Waals surface area contributed by atoms with Crippen LogP contribution >= 0.6 is 0 Å². The van der Waals surface area contributed by atoms with E-state index in [-0.39, 0.29) is 0 Å². The van der Waals surface area contributed by atoms with Crippen LogP contribution < -0.4 is 0 Å². The average Bonchev–Trinajstić information content (AvgIpc) is 2.61. The number of aromatic nitrogens is 2. The molecule has 0 saturated heterocycles. The Morgan fingerprint density at radius 1 is 1.33 bits per heavy atom. The van der Waals surface area contributed by atoms with Gasteiger partial charge in [-0.3, -0.25) is 0 Å². The SMILES string of the molecule is COC(=O)n1cnc2cc(C)c(C)cc21. The maximum absolute atomic E-state index is 11.4. The van der Waals surface area contributed by atoms with Crippen molar-refractivity contribution in [2.45, 2.75) is 13.8 Å². The molecule has 0 unspecified atom stereocenters. The topological polar surface area (TPSA) is 44.1 Å². The minimum Gasteiger partial charge on any atom is -0.452 e. The zero-order valence-corrected chi connectivity index (χ0v) is 8.94. The number of ether oxygens (including phenoxy) is 1. The zero-order valence-electron chi connectivity index (χ0n) is 8.94. The summed E-state index contributed by atoms with van der Waals surface area (Å²) >= 11 is 0. The first-order valence-electron chi connectivity index (χ1n) is 4.66. The molecule has 0 fully saturated rings. The monoisotopic (exact) mass is 204 g/mol. The molecule has 0 aliphatic heterocycles. The number of hydrogen-bond acceptors (Lipinski definition) is 3. The molecule has 0 amide bonds. The predicted molar refractivity (Wildman–Crippen MR) is 57.0 cm³/mol. The first-order chi connectivity index (χ1) is 7.13. The highest BCUT2D eigenvalue weighted by Gasteiger charge is 2.10. The normalized spacial score (nSPS) is 10.6. The molecule has 4 nitrogen and oxygen atoms in total. The number of aryl methyl sites for hydroxylation is 2. The lowest BCUT2D eigenvalue weighted by atomic mass is 10.1. The van der Waals surface area contributed by atoms with Gasteiger partial charge in [0, 0.05) is 0 Å². The Hall–Kier alpha value is -1.84. The molecule has 1 aromatic carbocycles. The van der Waals surface area contributed by atoms with Gasteiger partial charge in [-0.05, 0) is 37.1 Å². The van der Waals surface area contributed by atoms with Crippen molar-refractivity contribution in [3.8, 4) is 0 Å². The predicted octanol–water partition coefficient (Wildman–Crippen LogP) is 2.27. The van der Waals surface area contributed by atoms with E-state index < -0.39 is 6.09 Å². The lowest BCUT2D eigenvalue weighted by Gasteiger charge is -2.02. The number of imidazole rings is 1. The molecule has 0 aliphatic carbocycles. The van der Waals surface area contributed by atoms with E-state index in [9.17, 15) is 4.79 Å². The molecular weight excluding hydrogens is 192 g/mol. The van der Waals surface area contributed by atoms with Crippen LogP contribution in [0.15, 0.2) is 18.5 Å². The second kappa shape index (κ2) is 3.38. The van der Waals surface area contributed by atoms with Gasteiger partial charge in [0.25, 0.3) is 0 Å². The van der Waals surface area contributed by atoms with Crippen molar-refractivity contribution in [3.05, 3.63) is 29.6 Å². The quantitative estimate of drug-likeness (QED) is 0.661. The third-order valence-corrected chi connectivity index (χ3v) is 2.53. The molecule has 1 aromatic heterocycles. The molecule has 0 radical (unpaired) electrons. The highest BCUT2D eigenvalue weighted by molar-refractivity contribution is 5.87. The molecule has 0 saturated carbocycles. The van der Waals surface area contributed by atoms with Crippen LogP contribution in [0.2, 0.25) is 0 Å². The summed E-state index contributed by atoms with van der Waals surface area (Å²) in [5, 5.41) is 0. The third kappa shape index (κ3) is 1.48. The Kier molecular flexibility index (Phi) is 2.19. The highest BCUT2D eigenvalue weighted by Crippen LogP contribution is 2.18. The third-order valence-electron chi connectivity index (χ3n) is 2.53. The fourth-order valence-corrected chi connectivity index (χ4v) is 1.51. The van der Waals surface area contributed by atoms with Crippen molar-refractivity contribution in [1.29, 1.82) is 0 Å². The summed E-state index contributed by atoms with van der Waals surface area (Å²) in [5.41, 5.74) is 3.89. The second-order valence-corrected chi connectivity index (χ2v) is 3.51. The molecule has 15 heavy (non-hydrogen) atoms. The number of benzene rings is 1. The smallest absolute Gasteiger partial charge is 0.419 e. The molecule has 0 bridgehead atoms. The molecule has 4 heteroatoms. The number of carbonyl (C=O) groups is 1. The van der Waals surface area contributed by atoms with Gasteiger partial charge in [-0.15, -0.1) is 0 Å². The number of methoxy groups -OCH3 is 1. The van der Waals surface area contributed by atoms with Crippen LogP contribution in [0.25, 0.3) is 11.0 Å². The Morgan fingerprint density at radius 2 is 2.00 bits per heavy atom. The Morgan fingerprint density at radius 3 is 2.67 bits per heavy atom. The van der Waals surface area contributed by atoms with Crippen molar-refractivity contribution >= 4 is 17.1 Å². The molecule has 0 atom stereocenters. The van der Waals surface area contributed by atoms with Crippen molar-refractivity contribution in [2.75, 3.05) is 7.11 Å². The van der Waals surface area contributed by atoms with Gasteiger partial charge in [0.15, 0.2) is 0 Å². The summed E-state index contributed by atoms with van der Waals surface area (Å²) in [6.45, 7) is 4.02. The van der Waals surface area contributed by atoms with Crippen LogP contribution in [0, 0.1) is 13.8 Å². The number of rotatable bonds is 0. The van der Waals surface area contributed by atoms with Crippen molar-refractivity contribution in [1.82, 2.24) is 9.55 Å². The fraction of sp³-hybridized carbons (Fsp3) is 0.273. The van der Waals surface area contributed by atoms with Crippen molar-refractivity contribution in [2.24, 2.45) is 0 Å². The Bertz CT molecular complexity index is 529. The van der Waals surface area contributed by atoms with E-state index in [1.165, 1.54) is 18.0 Å². The first-order valence-corrected chi connectivity index (χ1v) is 4.66. The summed E-state index contributed by atoms with van der Waals surface area (Å²) in [4.78, 5) is 15.5. The Labute approximate surface area is 87.5 Å². The largest absolute Gasteiger partial charge is 0.452 e. The van der Waals surface area contributed by atoms with Crippen molar-refractivity contribution in [3.63, 3.8) is 0 Å². The van der Waals surface area contributed by atoms with Crippen LogP contribution in [0.5, 0.6) is 0 Å². The van der Waals surface area contributed by atoms with E-state index in [0.717, 1.165) is 22.2 Å². The number of hydrogen-bond donors (Lipinski definition) is 0. The lowest BCUT2D eigenvalue weighted by molar-refractivity contribution is 0.174. The average molecular weight is 204 g/mol. The van der Waals surface area contributed by atoms with Crippen LogP contribution in [-0.2, 0) is 4.74 Å².